The Balaban J connectivity index is 2.09. The molecule has 1 aliphatic rings. The Morgan fingerprint density at radius 2 is 1.87 bits per heavy atom. The van der Waals surface area contributed by atoms with E-state index in [-0.39, 0.29) is 0 Å². The van der Waals surface area contributed by atoms with Crippen molar-refractivity contribution in [3.63, 3.8) is 0 Å². The van der Waals surface area contributed by atoms with Crippen LogP contribution in [0.5, 0.6) is 0 Å². The zero-order valence-electron chi connectivity index (χ0n) is 9.89. The molecule has 0 aromatic rings. The summed E-state index contributed by atoms with van der Waals surface area (Å²) in [4.78, 5) is 0.805. The number of unbranched alkanes of at least 4 members (excludes halogenated alkanes) is 3. The molecule has 1 rings (SSSR count). The standard InChI is InChI=1S/C14H25Br/c1-2-3-4-5-7-10-13-11-8-6-9-12-14(13)15/h2,13-14H,1,3-12H2. The SMILES string of the molecule is C=CCCCCCC1CCCCCC1Br. The molecule has 15 heavy (non-hydrogen) atoms. The molecule has 0 amide bonds. The highest BCUT2D eigenvalue weighted by atomic mass is 79.9. The van der Waals surface area contributed by atoms with Crippen LogP contribution in [0.4, 0.5) is 0 Å². The van der Waals surface area contributed by atoms with Crippen molar-refractivity contribution in [1.82, 2.24) is 0 Å². The number of allylic oxidation sites excluding steroid dienone is 1. The van der Waals surface area contributed by atoms with Gasteiger partial charge in [0.2, 0.25) is 0 Å². The maximum Gasteiger partial charge on any atom is 0.0174 e. The summed E-state index contributed by atoms with van der Waals surface area (Å²) in [5.41, 5.74) is 0. The molecule has 0 aromatic carbocycles. The lowest BCUT2D eigenvalue weighted by molar-refractivity contribution is 0.421. The van der Waals surface area contributed by atoms with Crippen LogP contribution in [0.1, 0.15) is 64.2 Å². The van der Waals surface area contributed by atoms with Gasteiger partial charge in [0, 0.05) is 4.83 Å². The van der Waals surface area contributed by atoms with E-state index in [0.717, 1.165) is 10.7 Å². The van der Waals surface area contributed by atoms with Gasteiger partial charge in [-0.2, -0.15) is 0 Å². The Bertz CT molecular complexity index is 165. The van der Waals surface area contributed by atoms with Gasteiger partial charge in [-0.15, -0.1) is 6.58 Å². The van der Waals surface area contributed by atoms with Gasteiger partial charge in [-0.1, -0.05) is 54.1 Å². The van der Waals surface area contributed by atoms with Crippen LogP contribution in [-0.2, 0) is 0 Å². The highest BCUT2D eigenvalue weighted by molar-refractivity contribution is 9.09. The molecule has 0 spiro atoms. The summed E-state index contributed by atoms with van der Waals surface area (Å²) in [6.45, 7) is 3.77. The molecule has 0 aliphatic heterocycles. The molecule has 1 saturated carbocycles. The highest BCUT2D eigenvalue weighted by Crippen LogP contribution is 2.32. The van der Waals surface area contributed by atoms with Crippen LogP contribution in [0.3, 0.4) is 0 Å². The first-order chi connectivity index (χ1) is 7.34. The second kappa shape index (κ2) is 8.38. The van der Waals surface area contributed by atoms with Crippen LogP contribution in [0.2, 0.25) is 0 Å². The van der Waals surface area contributed by atoms with Gasteiger partial charge in [0.15, 0.2) is 0 Å². The fourth-order valence-electron chi connectivity index (χ4n) is 2.54. The predicted molar refractivity (Wildman–Crippen MR) is 72.6 cm³/mol. The monoisotopic (exact) mass is 272 g/mol. The lowest BCUT2D eigenvalue weighted by Gasteiger charge is -2.19. The quantitative estimate of drug-likeness (QED) is 0.260. The number of hydrogen-bond donors (Lipinski definition) is 0. The summed E-state index contributed by atoms with van der Waals surface area (Å²) in [7, 11) is 0. The molecule has 2 atom stereocenters. The fraction of sp³-hybridized carbons (Fsp3) is 0.857. The van der Waals surface area contributed by atoms with Crippen molar-refractivity contribution in [2.24, 2.45) is 5.92 Å². The Hall–Kier alpha value is 0.220. The molecule has 1 fully saturated rings. The molecule has 2 unspecified atom stereocenters. The summed E-state index contributed by atoms with van der Waals surface area (Å²) in [5.74, 6) is 0.955. The van der Waals surface area contributed by atoms with E-state index in [1.165, 1.54) is 64.2 Å². The molecular weight excluding hydrogens is 248 g/mol. The summed E-state index contributed by atoms with van der Waals surface area (Å²) in [5, 5.41) is 0. The van der Waals surface area contributed by atoms with E-state index in [4.69, 9.17) is 0 Å². The first-order valence-electron chi connectivity index (χ1n) is 6.59. The van der Waals surface area contributed by atoms with E-state index >= 15 is 0 Å². The number of halogens is 1. The number of alkyl halides is 1. The normalized spacial score (nSPS) is 27.3. The Morgan fingerprint density at radius 1 is 1.07 bits per heavy atom. The second-order valence-corrected chi connectivity index (χ2v) is 6.02. The second-order valence-electron chi connectivity index (χ2n) is 4.84. The predicted octanol–water partition coefficient (Wildman–Crippen LogP) is 5.47. The minimum atomic E-state index is 0.805. The fourth-order valence-corrected chi connectivity index (χ4v) is 3.39. The maximum absolute atomic E-state index is 3.87. The third kappa shape index (κ3) is 5.75. The van der Waals surface area contributed by atoms with Gasteiger partial charge in [0.25, 0.3) is 0 Å². The van der Waals surface area contributed by atoms with Crippen molar-refractivity contribution < 1.29 is 0 Å². The van der Waals surface area contributed by atoms with E-state index in [2.05, 4.69) is 22.5 Å². The topological polar surface area (TPSA) is 0 Å². The van der Waals surface area contributed by atoms with Gasteiger partial charge in [-0.25, -0.2) is 0 Å². The number of rotatable bonds is 6. The average Bonchev–Trinajstić information content (AvgIpc) is 2.44. The van der Waals surface area contributed by atoms with Gasteiger partial charge in [-0.3, -0.25) is 0 Å². The first kappa shape index (κ1) is 13.3. The van der Waals surface area contributed by atoms with Gasteiger partial charge in [0.1, 0.15) is 0 Å². The van der Waals surface area contributed by atoms with Crippen LogP contribution in [0.15, 0.2) is 12.7 Å². The van der Waals surface area contributed by atoms with E-state index in [9.17, 15) is 0 Å². The molecule has 0 aromatic heterocycles. The van der Waals surface area contributed by atoms with Crippen LogP contribution in [0, 0.1) is 5.92 Å². The van der Waals surface area contributed by atoms with Gasteiger partial charge < -0.3 is 0 Å². The summed E-state index contributed by atoms with van der Waals surface area (Å²) in [6.07, 6.45) is 16.0. The molecular formula is C14H25Br. The highest BCUT2D eigenvalue weighted by Gasteiger charge is 2.20. The Labute approximate surface area is 104 Å². The summed E-state index contributed by atoms with van der Waals surface area (Å²) >= 11 is 3.87. The van der Waals surface area contributed by atoms with Crippen molar-refractivity contribution >= 4 is 15.9 Å². The van der Waals surface area contributed by atoms with Crippen molar-refractivity contribution in [3.8, 4) is 0 Å². The molecule has 0 bridgehead atoms. The molecule has 88 valence electrons. The minimum absolute atomic E-state index is 0.805. The minimum Gasteiger partial charge on any atom is -0.103 e. The number of hydrogen-bond acceptors (Lipinski definition) is 0. The summed E-state index contributed by atoms with van der Waals surface area (Å²) in [6, 6.07) is 0. The summed E-state index contributed by atoms with van der Waals surface area (Å²) < 4.78 is 0. The lowest BCUT2D eigenvalue weighted by Crippen LogP contribution is -2.12. The zero-order chi connectivity index (χ0) is 10.9. The van der Waals surface area contributed by atoms with Crippen LogP contribution >= 0.6 is 15.9 Å². The van der Waals surface area contributed by atoms with Crippen molar-refractivity contribution in [2.45, 2.75) is 69.0 Å². The van der Waals surface area contributed by atoms with E-state index in [0.29, 0.717) is 0 Å². The van der Waals surface area contributed by atoms with E-state index in [1.54, 1.807) is 0 Å². The molecule has 0 nitrogen and oxygen atoms in total. The van der Waals surface area contributed by atoms with Crippen molar-refractivity contribution in [1.29, 1.82) is 0 Å². The Kier molecular flexibility index (Phi) is 7.42. The molecule has 1 heteroatoms. The van der Waals surface area contributed by atoms with Gasteiger partial charge in [-0.05, 0) is 38.0 Å². The van der Waals surface area contributed by atoms with Crippen molar-refractivity contribution in [3.05, 3.63) is 12.7 Å². The van der Waals surface area contributed by atoms with Gasteiger partial charge in [0.05, 0.1) is 0 Å². The first-order valence-corrected chi connectivity index (χ1v) is 7.51. The van der Waals surface area contributed by atoms with Crippen LogP contribution < -0.4 is 0 Å². The third-order valence-corrected chi connectivity index (χ3v) is 4.75. The largest absolute Gasteiger partial charge is 0.103 e. The van der Waals surface area contributed by atoms with E-state index < -0.39 is 0 Å². The molecule has 0 radical (unpaired) electrons. The van der Waals surface area contributed by atoms with Gasteiger partial charge >= 0.3 is 0 Å². The van der Waals surface area contributed by atoms with Crippen LogP contribution in [0.25, 0.3) is 0 Å². The third-order valence-electron chi connectivity index (χ3n) is 3.55. The Morgan fingerprint density at radius 3 is 2.67 bits per heavy atom. The average molecular weight is 273 g/mol. The zero-order valence-corrected chi connectivity index (χ0v) is 11.5. The smallest absolute Gasteiger partial charge is 0.0174 e. The lowest BCUT2D eigenvalue weighted by atomic mass is 9.93. The molecule has 1 aliphatic carbocycles. The maximum atomic E-state index is 3.87. The van der Waals surface area contributed by atoms with E-state index in [1.807, 2.05) is 6.08 Å². The molecule has 0 heterocycles. The van der Waals surface area contributed by atoms with Crippen LogP contribution in [-0.4, -0.2) is 4.83 Å². The molecule has 0 saturated heterocycles. The van der Waals surface area contributed by atoms with Crippen molar-refractivity contribution in [2.75, 3.05) is 0 Å². The molecule has 0 N–H and O–H groups in total.